The molecule has 44 heavy (non-hydrogen) atoms. The van der Waals surface area contributed by atoms with Gasteiger partial charge < -0.3 is 14.6 Å². The van der Waals surface area contributed by atoms with Gasteiger partial charge in [0.25, 0.3) is 0 Å². The summed E-state index contributed by atoms with van der Waals surface area (Å²) in [4.78, 5) is 24.1. The lowest BCUT2D eigenvalue weighted by molar-refractivity contribution is -0.161. The van der Waals surface area contributed by atoms with E-state index in [9.17, 15) is 14.7 Å². The van der Waals surface area contributed by atoms with Crippen LogP contribution in [0, 0.1) is 0 Å². The van der Waals surface area contributed by atoms with Crippen LogP contribution in [0.4, 0.5) is 0 Å². The van der Waals surface area contributed by atoms with Crippen molar-refractivity contribution in [2.24, 2.45) is 0 Å². The van der Waals surface area contributed by atoms with Gasteiger partial charge in [-0.05, 0) is 89.9 Å². The van der Waals surface area contributed by atoms with E-state index in [1.54, 1.807) is 0 Å². The van der Waals surface area contributed by atoms with E-state index in [2.05, 4.69) is 98.9 Å². The molecule has 0 saturated carbocycles. The van der Waals surface area contributed by atoms with Gasteiger partial charge in [0.1, 0.15) is 6.61 Å². The predicted molar refractivity (Wildman–Crippen MR) is 186 cm³/mol. The predicted octanol–water partition coefficient (Wildman–Crippen LogP) is 10.4. The molecule has 5 heteroatoms. The van der Waals surface area contributed by atoms with Crippen molar-refractivity contribution in [3.63, 3.8) is 0 Å². The molecule has 0 spiro atoms. The van der Waals surface area contributed by atoms with E-state index in [0.29, 0.717) is 12.8 Å². The number of unbranched alkanes of at least 4 members (excludes halogenated alkanes) is 7. The van der Waals surface area contributed by atoms with Gasteiger partial charge in [0, 0.05) is 12.8 Å². The van der Waals surface area contributed by atoms with Gasteiger partial charge in [0.2, 0.25) is 0 Å². The molecule has 1 atom stereocenters. The number of esters is 2. The quantitative estimate of drug-likeness (QED) is 0.0518. The maximum absolute atomic E-state index is 12.1. The van der Waals surface area contributed by atoms with Gasteiger partial charge in [-0.3, -0.25) is 9.59 Å². The van der Waals surface area contributed by atoms with E-state index in [1.807, 2.05) is 0 Å². The van der Waals surface area contributed by atoms with Crippen LogP contribution in [0.3, 0.4) is 0 Å². The highest BCUT2D eigenvalue weighted by atomic mass is 16.6. The molecule has 0 bridgehead atoms. The summed E-state index contributed by atoms with van der Waals surface area (Å²) in [6, 6.07) is 0. The largest absolute Gasteiger partial charge is 0.462 e. The molecule has 0 radical (unpaired) electrons. The van der Waals surface area contributed by atoms with Crippen molar-refractivity contribution >= 4 is 11.9 Å². The van der Waals surface area contributed by atoms with Crippen LogP contribution < -0.4 is 0 Å². The van der Waals surface area contributed by atoms with Crippen molar-refractivity contribution in [1.29, 1.82) is 0 Å². The van der Waals surface area contributed by atoms with E-state index in [0.717, 1.165) is 77.0 Å². The molecule has 0 aromatic rings. The molecule has 0 aromatic heterocycles. The van der Waals surface area contributed by atoms with Gasteiger partial charge in [0.05, 0.1) is 6.61 Å². The normalized spacial score (nSPS) is 13.2. The minimum atomic E-state index is -0.811. The Morgan fingerprint density at radius 1 is 0.545 bits per heavy atom. The Morgan fingerprint density at radius 3 is 1.39 bits per heavy atom. The Balaban J connectivity index is 3.77. The van der Waals surface area contributed by atoms with E-state index < -0.39 is 6.10 Å². The van der Waals surface area contributed by atoms with Gasteiger partial charge in [-0.25, -0.2) is 0 Å². The first kappa shape index (κ1) is 41.1. The second-order valence-electron chi connectivity index (χ2n) is 10.9. The highest BCUT2D eigenvalue weighted by molar-refractivity contribution is 5.70. The van der Waals surface area contributed by atoms with Gasteiger partial charge in [-0.15, -0.1) is 0 Å². The Hall–Kier alpha value is -2.92. The van der Waals surface area contributed by atoms with E-state index in [-0.39, 0.29) is 25.2 Å². The van der Waals surface area contributed by atoms with Crippen LogP contribution in [0.15, 0.2) is 85.1 Å². The lowest BCUT2D eigenvalue weighted by Crippen LogP contribution is -2.28. The molecular formula is C39H62O5. The van der Waals surface area contributed by atoms with Gasteiger partial charge in [-0.1, -0.05) is 112 Å². The first-order chi connectivity index (χ1) is 21.6. The number of aliphatic hydroxyl groups excluding tert-OH is 1. The molecule has 0 aliphatic rings. The minimum Gasteiger partial charge on any atom is -0.462 e. The monoisotopic (exact) mass is 610 g/mol. The molecule has 0 rings (SSSR count). The summed E-state index contributed by atoms with van der Waals surface area (Å²) in [6.07, 6.45) is 46.4. The van der Waals surface area contributed by atoms with Crippen molar-refractivity contribution in [3.8, 4) is 0 Å². The molecule has 5 nitrogen and oxygen atoms in total. The van der Waals surface area contributed by atoms with Crippen molar-refractivity contribution in [1.82, 2.24) is 0 Å². The summed E-state index contributed by atoms with van der Waals surface area (Å²) >= 11 is 0. The summed E-state index contributed by atoms with van der Waals surface area (Å²) in [5.41, 5.74) is 0. The average Bonchev–Trinajstić information content (AvgIpc) is 3.02. The fourth-order valence-electron chi connectivity index (χ4n) is 4.08. The van der Waals surface area contributed by atoms with E-state index in [4.69, 9.17) is 9.47 Å². The Kier molecular flexibility index (Phi) is 32.3. The molecule has 0 aromatic carbocycles. The molecule has 0 aliphatic heterocycles. The first-order valence-electron chi connectivity index (χ1n) is 17.1. The highest BCUT2D eigenvalue weighted by Gasteiger charge is 2.15. The molecule has 0 fully saturated rings. The van der Waals surface area contributed by atoms with E-state index >= 15 is 0 Å². The number of rotatable bonds is 29. The second kappa shape index (κ2) is 34.6. The summed E-state index contributed by atoms with van der Waals surface area (Å²) in [5, 5.41) is 9.50. The van der Waals surface area contributed by atoms with Crippen molar-refractivity contribution in [2.75, 3.05) is 13.2 Å². The summed E-state index contributed by atoms with van der Waals surface area (Å²) in [5.74, 6) is -0.696. The molecule has 0 aliphatic carbocycles. The zero-order valence-corrected chi connectivity index (χ0v) is 27.9. The standard InChI is InChI=1S/C39H62O5/c1-3-5-7-9-11-13-15-17-19-21-23-25-27-29-31-33-38(41)43-36-37(35-40)44-39(42)34-32-30-28-26-24-22-20-18-16-14-12-10-8-6-4-2/h5,7,11-14,17-20,23-26,37,40H,3-4,6,8-10,15-16,21-22,27-36H2,1-2H3/t37-/m0/s1. The van der Waals surface area contributed by atoms with Crippen molar-refractivity contribution in [3.05, 3.63) is 85.1 Å². The molecule has 0 saturated heterocycles. The van der Waals surface area contributed by atoms with Gasteiger partial charge >= 0.3 is 11.9 Å². The summed E-state index contributed by atoms with van der Waals surface area (Å²) < 4.78 is 10.5. The number of ether oxygens (including phenoxy) is 2. The Bertz CT molecular complexity index is 875. The number of hydrogen-bond acceptors (Lipinski definition) is 5. The third-order valence-corrected chi connectivity index (χ3v) is 6.67. The van der Waals surface area contributed by atoms with Crippen LogP contribution in [-0.4, -0.2) is 36.4 Å². The summed E-state index contributed by atoms with van der Waals surface area (Å²) in [7, 11) is 0. The first-order valence-corrected chi connectivity index (χ1v) is 17.1. The van der Waals surface area contributed by atoms with Crippen LogP contribution >= 0.6 is 0 Å². The lowest BCUT2D eigenvalue weighted by atomic mass is 10.1. The number of carbonyl (C=O) groups excluding carboxylic acids is 2. The Labute approximate surface area is 269 Å². The zero-order chi connectivity index (χ0) is 32.2. The molecule has 248 valence electrons. The third-order valence-electron chi connectivity index (χ3n) is 6.67. The van der Waals surface area contributed by atoms with Crippen molar-refractivity contribution in [2.45, 2.75) is 136 Å². The number of aliphatic hydroxyl groups is 1. The fraction of sp³-hybridized carbons (Fsp3) is 0.590. The number of allylic oxidation sites excluding steroid dienone is 14. The third kappa shape index (κ3) is 32.0. The van der Waals surface area contributed by atoms with Gasteiger partial charge in [0.15, 0.2) is 6.10 Å². The maximum atomic E-state index is 12.1. The van der Waals surface area contributed by atoms with E-state index in [1.165, 1.54) is 25.7 Å². The SMILES string of the molecule is CCC=CCC=CCC=CCC=CCCCCC(=O)OC[C@H](CO)OC(=O)CCCCC=CCC=CCC=CCCCCC. The molecular weight excluding hydrogens is 548 g/mol. The smallest absolute Gasteiger partial charge is 0.306 e. The number of hydrogen-bond donors (Lipinski definition) is 1. The average molecular weight is 611 g/mol. The number of carbonyl (C=O) groups is 2. The topological polar surface area (TPSA) is 72.8 Å². The second-order valence-corrected chi connectivity index (χ2v) is 10.9. The zero-order valence-electron chi connectivity index (χ0n) is 27.9. The van der Waals surface area contributed by atoms with Crippen LogP contribution in [0.2, 0.25) is 0 Å². The maximum Gasteiger partial charge on any atom is 0.306 e. The molecule has 1 N–H and O–H groups in total. The highest BCUT2D eigenvalue weighted by Crippen LogP contribution is 2.07. The molecule has 0 heterocycles. The van der Waals surface area contributed by atoms with Crippen LogP contribution in [0.25, 0.3) is 0 Å². The van der Waals surface area contributed by atoms with Crippen molar-refractivity contribution < 1.29 is 24.2 Å². The van der Waals surface area contributed by atoms with Crippen LogP contribution in [-0.2, 0) is 19.1 Å². The fourth-order valence-corrected chi connectivity index (χ4v) is 4.08. The summed E-state index contributed by atoms with van der Waals surface area (Å²) in [6.45, 7) is 3.89. The van der Waals surface area contributed by atoms with Crippen LogP contribution in [0.5, 0.6) is 0 Å². The molecule has 0 amide bonds. The Morgan fingerprint density at radius 2 is 0.955 bits per heavy atom. The lowest BCUT2D eigenvalue weighted by Gasteiger charge is -2.15. The minimum absolute atomic E-state index is 0.108. The van der Waals surface area contributed by atoms with Crippen LogP contribution in [0.1, 0.15) is 129 Å². The van der Waals surface area contributed by atoms with Gasteiger partial charge in [-0.2, -0.15) is 0 Å². The molecule has 0 unspecified atom stereocenters.